The molecule has 6 heteroatoms. The van der Waals surface area contributed by atoms with Crippen molar-refractivity contribution in [3.8, 4) is 17.2 Å². The zero-order chi connectivity index (χ0) is 16.7. The van der Waals surface area contributed by atoms with Crippen LogP contribution in [0.25, 0.3) is 0 Å². The molecular weight excluding hydrogens is 296 g/mol. The van der Waals surface area contributed by atoms with Gasteiger partial charge in [0.2, 0.25) is 5.91 Å². The monoisotopic (exact) mass is 322 g/mol. The number of hydrogen-bond acceptors (Lipinski definition) is 5. The summed E-state index contributed by atoms with van der Waals surface area (Å²) in [7, 11) is 4.87. The third kappa shape index (κ3) is 4.51. The lowest BCUT2D eigenvalue weighted by Gasteiger charge is -2.16. The molecule has 1 aliphatic heterocycles. The van der Waals surface area contributed by atoms with Crippen LogP contribution < -0.4 is 19.5 Å². The Labute approximate surface area is 137 Å². The minimum absolute atomic E-state index is 0.284. The minimum Gasteiger partial charge on any atom is -0.496 e. The molecule has 0 bridgehead atoms. The highest BCUT2D eigenvalue weighted by Crippen LogP contribution is 2.34. The Kier molecular flexibility index (Phi) is 6.52. The van der Waals surface area contributed by atoms with Crippen LogP contribution in [0, 0.1) is 0 Å². The number of likely N-dealkylation sites (tertiary alicyclic amines) is 1. The Morgan fingerprint density at radius 2 is 1.78 bits per heavy atom. The normalized spacial score (nSPS) is 14.2. The van der Waals surface area contributed by atoms with E-state index >= 15 is 0 Å². The summed E-state index contributed by atoms with van der Waals surface area (Å²) in [6.07, 6.45) is 2.65. The summed E-state index contributed by atoms with van der Waals surface area (Å²) in [6.45, 7) is 3.26. The van der Waals surface area contributed by atoms with Crippen LogP contribution in [-0.2, 0) is 11.3 Å². The molecular formula is C17H26N2O4. The molecule has 1 aromatic carbocycles. The first-order valence-electron chi connectivity index (χ1n) is 7.97. The summed E-state index contributed by atoms with van der Waals surface area (Å²) >= 11 is 0. The molecule has 0 saturated carbocycles. The van der Waals surface area contributed by atoms with Gasteiger partial charge in [-0.25, -0.2) is 0 Å². The van der Waals surface area contributed by atoms with E-state index < -0.39 is 0 Å². The van der Waals surface area contributed by atoms with Crippen molar-refractivity contribution in [3.63, 3.8) is 0 Å². The van der Waals surface area contributed by atoms with Gasteiger partial charge < -0.3 is 24.4 Å². The molecule has 1 fully saturated rings. The Bertz CT molecular complexity index is 534. The van der Waals surface area contributed by atoms with Crippen LogP contribution in [0.5, 0.6) is 17.2 Å². The molecule has 0 radical (unpaired) electrons. The molecule has 0 atom stereocenters. The molecule has 1 heterocycles. The van der Waals surface area contributed by atoms with Crippen molar-refractivity contribution in [1.29, 1.82) is 0 Å². The van der Waals surface area contributed by atoms with Gasteiger partial charge in [0.05, 0.1) is 21.3 Å². The molecule has 0 spiro atoms. The van der Waals surface area contributed by atoms with Gasteiger partial charge in [-0.15, -0.1) is 0 Å². The van der Waals surface area contributed by atoms with E-state index in [1.54, 1.807) is 21.3 Å². The van der Waals surface area contributed by atoms with Crippen molar-refractivity contribution in [1.82, 2.24) is 10.2 Å². The van der Waals surface area contributed by atoms with Crippen molar-refractivity contribution in [3.05, 3.63) is 17.7 Å². The summed E-state index contributed by atoms with van der Waals surface area (Å²) in [5.74, 6) is 2.39. The first-order valence-corrected chi connectivity index (χ1v) is 7.97. The molecule has 23 heavy (non-hydrogen) atoms. The topological polar surface area (TPSA) is 60.0 Å². The predicted octanol–water partition coefficient (Wildman–Crippen LogP) is 1.81. The second-order valence-corrected chi connectivity index (χ2v) is 5.53. The first kappa shape index (κ1) is 17.4. The second kappa shape index (κ2) is 8.62. The van der Waals surface area contributed by atoms with Crippen LogP contribution in [0.15, 0.2) is 12.1 Å². The molecule has 1 N–H and O–H groups in total. The Balaban J connectivity index is 1.83. The fraction of sp³-hybridized carbons (Fsp3) is 0.588. The third-order valence-electron chi connectivity index (χ3n) is 4.06. The van der Waals surface area contributed by atoms with Crippen LogP contribution in [0.3, 0.4) is 0 Å². The van der Waals surface area contributed by atoms with Gasteiger partial charge >= 0.3 is 0 Å². The summed E-state index contributed by atoms with van der Waals surface area (Å²) in [5, 5.41) is 3.39. The van der Waals surface area contributed by atoms with E-state index in [4.69, 9.17) is 14.2 Å². The maximum absolute atomic E-state index is 11.5. The first-order chi connectivity index (χ1) is 11.2. The Morgan fingerprint density at radius 3 is 2.39 bits per heavy atom. The van der Waals surface area contributed by atoms with Gasteiger partial charge in [0, 0.05) is 37.7 Å². The fourth-order valence-corrected chi connectivity index (χ4v) is 2.79. The van der Waals surface area contributed by atoms with E-state index in [1.165, 1.54) is 0 Å². The summed E-state index contributed by atoms with van der Waals surface area (Å²) in [5.41, 5.74) is 1.02. The molecule has 0 aromatic heterocycles. The zero-order valence-electron chi connectivity index (χ0n) is 14.2. The molecule has 1 amide bonds. The van der Waals surface area contributed by atoms with E-state index in [1.807, 2.05) is 17.0 Å². The van der Waals surface area contributed by atoms with Crippen molar-refractivity contribution in [2.75, 3.05) is 41.0 Å². The zero-order valence-corrected chi connectivity index (χ0v) is 14.2. The van der Waals surface area contributed by atoms with Crippen molar-refractivity contribution in [2.24, 2.45) is 0 Å². The highest BCUT2D eigenvalue weighted by atomic mass is 16.5. The van der Waals surface area contributed by atoms with Gasteiger partial charge in [-0.05, 0) is 25.5 Å². The van der Waals surface area contributed by atoms with E-state index in [-0.39, 0.29) is 5.91 Å². The molecule has 1 aliphatic rings. The van der Waals surface area contributed by atoms with Gasteiger partial charge in [-0.2, -0.15) is 0 Å². The second-order valence-electron chi connectivity index (χ2n) is 5.53. The van der Waals surface area contributed by atoms with E-state index in [0.717, 1.165) is 43.8 Å². The standard InChI is InChI=1S/C17H26N2O4/c1-21-14-11-16(23-3)15(22-2)10-13(14)12-18-7-5-9-19-8-4-6-17(19)20/h10-11,18H,4-9,12H2,1-3H3. The summed E-state index contributed by atoms with van der Waals surface area (Å²) in [4.78, 5) is 13.5. The smallest absolute Gasteiger partial charge is 0.222 e. The maximum atomic E-state index is 11.5. The number of amides is 1. The summed E-state index contributed by atoms with van der Waals surface area (Å²) in [6, 6.07) is 3.76. The number of benzene rings is 1. The number of nitrogens with one attached hydrogen (secondary N) is 1. The molecule has 1 saturated heterocycles. The number of carbonyl (C=O) groups excluding carboxylic acids is 1. The lowest BCUT2D eigenvalue weighted by atomic mass is 10.1. The van der Waals surface area contributed by atoms with Gasteiger partial charge in [0.1, 0.15) is 5.75 Å². The van der Waals surface area contributed by atoms with Gasteiger partial charge in [0.25, 0.3) is 0 Å². The largest absolute Gasteiger partial charge is 0.496 e. The van der Waals surface area contributed by atoms with E-state index in [2.05, 4.69) is 5.32 Å². The maximum Gasteiger partial charge on any atom is 0.222 e. The molecule has 0 aliphatic carbocycles. The van der Waals surface area contributed by atoms with Crippen LogP contribution in [0.2, 0.25) is 0 Å². The number of hydrogen-bond donors (Lipinski definition) is 1. The third-order valence-corrected chi connectivity index (χ3v) is 4.06. The van der Waals surface area contributed by atoms with Gasteiger partial charge in [-0.3, -0.25) is 4.79 Å². The molecule has 0 unspecified atom stereocenters. The minimum atomic E-state index is 0.284. The molecule has 1 aromatic rings. The van der Waals surface area contributed by atoms with E-state index in [0.29, 0.717) is 24.5 Å². The fourth-order valence-electron chi connectivity index (χ4n) is 2.79. The SMILES string of the molecule is COc1cc(OC)c(OC)cc1CNCCCN1CCCC1=O. The van der Waals surface area contributed by atoms with Crippen LogP contribution in [0.4, 0.5) is 0 Å². The van der Waals surface area contributed by atoms with Crippen LogP contribution in [-0.4, -0.2) is 51.8 Å². The molecule has 128 valence electrons. The summed E-state index contributed by atoms with van der Waals surface area (Å²) < 4.78 is 16.0. The number of methoxy groups -OCH3 is 3. The lowest BCUT2D eigenvalue weighted by molar-refractivity contribution is -0.127. The highest BCUT2D eigenvalue weighted by molar-refractivity contribution is 5.77. The average molecular weight is 322 g/mol. The molecule has 2 rings (SSSR count). The number of carbonyl (C=O) groups is 1. The Morgan fingerprint density at radius 1 is 1.09 bits per heavy atom. The predicted molar refractivity (Wildman–Crippen MR) is 88.2 cm³/mol. The van der Waals surface area contributed by atoms with Crippen molar-refractivity contribution in [2.45, 2.75) is 25.8 Å². The lowest BCUT2D eigenvalue weighted by Crippen LogP contribution is -2.28. The van der Waals surface area contributed by atoms with Crippen molar-refractivity contribution >= 4 is 5.91 Å². The Hall–Kier alpha value is -1.95. The quantitative estimate of drug-likeness (QED) is 0.703. The average Bonchev–Trinajstić information content (AvgIpc) is 2.98. The number of rotatable bonds is 9. The van der Waals surface area contributed by atoms with Gasteiger partial charge in [-0.1, -0.05) is 0 Å². The number of nitrogens with zero attached hydrogens (tertiary/aromatic N) is 1. The number of ether oxygens (including phenoxy) is 3. The van der Waals surface area contributed by atoms with Gasteiger partial charge in [0.15, 0.2) is 11.5 Å². The van der Waals surface area contributed by atoms with Crippen LogP contribution >= 0.6 is 0 Å². The molecule has 6 nitrogen and oxygen atoms in total. The van der Waals surface area contributed by atoms with Crippen molar-refractivity contribution < 1.29 is 19.0 Å². The van der Waals surface area contributed by atoms with Crippen LogP contribution in [0.1, 0.15) is 24.8 Å². The highest BCUT2D eigenvalue weighted by Gasteiger charge is 2.19. The van der Waals surface area contributed by atoms with E-state index in [9.17, 15) is 4.79 Å².